The summed E-state index contributed by atoms with van der Waals surface area (Å²) in [7, 11) is 6.28. The molecule has 0 unspecified atom stereocenters. The van der Waals surface area contributed by atoms with Gasteiger partial charge in [-0.05, 0) is 0 Å². The van der Waals surface area contributed by atoms with Gasteiger partial charge in [-0.1, -0.05) is 0 Å². The van der Waals surface area contributed by atoms with Gasteiger partial charge in [-0.25, -0.2) is 0 Å². The molecule has 14 heavy (non-hydrogen) atoms. The average Bonchev–Trinajstić information content (AvgIpc) is 2.65. The minimum absolute atomic E-state index is 0.247. The molecule has 0 bridgehead atoms. The maximum atomic E-state index is 5.60. The van der Waals surface area contributed by atoms with E-state index in [0.29, 0.717) is 6.42 Å². The van der Waals surface area contributed by atoms with Crippen LogP contribution in [0.2, 0.25) is 0 Å². The highest BCUT2D eigenvalue weighted by atomic mass is 16.8. The van der Waals surface area contributed by atoms with Crippen molar-refractivity contribution in [1.29, 1.82) is 0 Å². The van der Waals surface area contributed by atoms with E-state index >= 15 is 0 Å². The van der Waals surface area contributed by atoms with Gasteiger partial charge in [-0.15, -0.1) is 0 Å². The minimum Gasteiger partial charge on any atom is -0.356 e. The number of methoxy groups -OCH3 is 4. The smallest absolute Gasteiger partial charge is 0.222 e. The van der Waals surface area contributed by atoms with Crippen LogP contribution in [0.5, 0.6) is 0 Å². The first-order chi connectivity index (χ1) is 6.72. The van der Waals surface area contributed by atoms with Crippen LogP contribution in [0, 0.1) is 0 Å². The van der Waals surface area contributed by atoms with Crippen LogP contribution in [0.4, 0.5) is 0 Å². The fourth-order valence-electron chi connectivity index (χ4n) is 1.70. The summed E-state index contributed by atoms with van der Waals surface area (Å²) in [6, 6.07) is 0. The Kier molecular flexibility index (Phi) is 4.28. The predicted molar refractivity (Wildman–Crippen MR) is 48.7 cm³/mol. The number of rotatable bonds is 5. The van der Waals surface area contributed by atoms with E-state index < -0.39 is 12.1 Å². The van der Waals surface area contributed by atoms with Gasteiger partial charge in [0.15, 0.2) is 6.29 Å². The monoisotopic (exact) mass is 206 g/mol. The van der Waals surface area contributed by atoms with Gasteiger partial charge in [-0.3, -0.25) is 0 Å². The van der Waals surface area contributed by atoms with Crippen LogP contribution in [0.25, 0.3) is 0 Å². The van der Waals surface area contributed by atoms with Crippen LogP contribution in [-0.2, 0) is 23.7 Å². The summed E-state index contributed by atoms with van der Waals surface area (Å²) >= 11 is 0. The normalized spacial score (nSPS) is 32.8. The summed E-state index contributed by atoms with van der Waals surface area (Å²) < 4.78 is 26.3. The van der Waals surface area contributed by atoms with Crippen molar-refractivity contribution in [3.8, 4) is 0 Å². The van der Waals surface area contributed by atoms with E-state index in [2.05, 4.69) is 0 Å². The van der Waals surface area contributed by atoms with Gasteiger partial charge >= 0.3 is 0 Å². The summed E-state index contributed by atoms with van der Waals surface area (Å²) in [6.07, 6.45) is 0.678. The highest BCUT2D eigenvalue weighted by Gasteiger charge is 2.48. The van der Waals surface area contributed by atoms with Gasteiger partial charge < -0.3 is 23.7 Å². The molecule has 2 atom stereocenters. The van der Waals surface area contributed by atoms with E-state index in [1.807, 2.05) is 0 Å². The van der Waals surface area contributed by atoms with Gasteiger partial charge in [0, 0.05) is 41.3 Å². The van der Waals surface area contributed by atoms with Crippen LogP contribution in [0.3, 0.4) is 0 Å². The number of ether oxygens (including phenoxy) is 5. The molecule has 1 heterocycles. The molecule has 0 aromatic heterocycles. The van der Waals surface area contributed by atoms with Crippen molar-refractivity contribution < 1.29 is 23.7 Å². The lowest BCUT2D eigenvalue weighted by molar-refractivity contribution is -0.345. The third-order valence-electron chi connectivity index (χ3n) is 2.46. The second-order valence-corrected chi connectivity index (χ2v) is 3.14. The number of hydrogen-bond acceptors (Lipinski definition) is 5. The van der Waals surface area contributed by atoms with E-state index in [9.17, 15) is 0 Å². The first kappa shape index (κ1) is 11.9. The molecule has 1 fully saturated rings. The molecule has 0 radical (unpaired) electrons. The summed E-state index contributed by atoms with van der Waals surface area (Å²) in [5, 5.41) is 0. The second-order valence-electron chi connectivity index (χ2n) is 3.14. The second kappa shape index (κ2) is 5.04. The van der Waals surface area contributed by atoms with E-state index in [1.54, 1.807) is 28.4 Å². The Labute approximate surface area is 84.2 Å². The van der Waals surface area contributed by atoms with Gasteiger partial charge in [0.2, 0.25) is 12.1 Å². The van der Waals surface area contributed by atoms with Crippen molar-refractivity contribution in [3.63, 3.8) is 0 Å². The van der Waals surface area contributed by atoms with E-state index in [0.717, 1.165) is 6.42 Å². The van der Waals surface area contributed by atoms with E-state index in [1.165, 1.54) is 0 Å². The van der Waals surface area contributed by atoms with E-state index in [-0.39, 0.29) is 6.29 Å². The first-order valence-corrected chi connectivity index (χ1v) is 4.53. The molecular weight excluding hydrogens is 188 g/mol. The molecule has 0 aliphatic carbocycles. The van der Waals surface area contributed by atoms with Gasteiger partial charge in [-0.2, -0.15) is 0 Å². The molecule has 1 rings (SSSR count). The van der Waals surface area contributed by atoms with Crippen molar-refractivity contribution in [1.82, 2.24) is 0 Å². The van der Waals surface area contributed by atoms with Crippen molar-refractivity contribution >= 4 is 0 Å². The molecule has 0 saturated carbocycles. The lowest BCUT2D eigenvalue weighted by Crippen LogP contribution is -2.46. The predicted octanol–water partition coefficient (Wildman–Crippen LogP) is 0.731. The zero-order valence-electron chi connectivity index (χ0n) is 9.11. The van der Waals surface area contributed by atoms with Gasteiger partial charge in [0.05, 0.1) is 0 Å². The lowest BCUT2D eigenvalue weighted by Gasteiger charge is -2.33. The Morgan fingerprint density at radius 2 is 1.86 bits per heavy atom. The zero-order chi connectivity index (χ0) is 10.6. The fraction of sp³-hybridized carbons (Fsp3) is 1.00. The highest BCUT2D eigenvalue weighted by molar-refractivity contribution is 4.81. The van der Waals surface area contributed by atoms with Gasteiger partial charge in [0.25, 0.3) is 0 Å². The SMILES string of the molecule is COC(OC)[C@@]1(OC)CC[C@@H](OC)O1. The Bertz CT molecular complexity index is 171. The third-order valence-corrected chi connectivity index (χ3v) is 2.46. The summed E-state index contributed by atoms with van der Waals surface area (Å²) in [5.74, 6) is -0.843. The Morgan fingerprint density at radius 1 is 1.21 bits per heavy atom. The third kappa shape index (κ3) is 2.07. The minimum atomic E-state index is -0.843. The zero-order valence-corrected chi connectivity index (χ0v) is 9.11. The Hall–Kier alpha value is -0.200. The maximum Gasteiger partial charge on any atom is 0.222 e. The standard InChI is InChI=1S/C9H18O5/c1-10-7-5-6-9(13-4,14-7)8(11-2)12-3/h7-8H,5-6H2,1-4H3/t7-,9+/m0/s1. The molecule has 0 amide bonds. The molecule has 1 aliphatic rings. The summed E-state index contributed by atoms with van der Waals surface area (Å²) in [4.78, 5) is 0. The van der Waals surface area contributed by atoms with Gasteiger partial charge in [0.1, 0.15) is 0 Å². The topological polar surface area (TPSA) is 46.2 Å². The van der Waals surface area contributed by atoms with E-state index in [4.69, 9.17) is 23.7 Å². The molecule has 1 aliphatic heterocycles. The summed E-state index contributed by atoms with van der Waals surface area (Å²) in [5.41, 5.74) is 0. The molecule has 1 saturated heterocycles. The Morgan fingerprint density at radius 3 is 2.21 bits per heavy atom. The van der Waals surface area contributed by atoms with Crippen molar-refractivity contribution in [2.75, 3.05) is 28.4 Å². The molecule has 84 valence electrons. The first-order valence-electron chi connectivity index (χ1n) is 4.53. The highest BCUT2D eigenvalue weighted by Crippen LogP contribution is 2.35. The van der Waals surface area contributed by atoms with Crippen LogP contribution >= 0.6 is 0 Å². The largest absolute Gasteiger partial charge is 0.356 e. The molecule has 0 N–H and O–H groups in total. The lowest BCUT2D eigenvalue weighted by atomic mass is 10.2. The number of hydrogen-bond donors (Lipinski definition) is 0. The van der Waals surface area contributed by atoms with Crippen LogP contribution in [0.1, 0.15) is 12.8 Å². The average molecular weight is 206 g/mol. The summed E-state index contributed by atoms with van der Waals surface area (Å²) in [6.45, 7) is 0. The molecule has 5 heteroatoms. The van der Waals surface area contributed by atoms with Crippen LogP contribution < -0.4 is 0 Å². The quantitative estimate of drug-likeness (QED) is 0.620. The molecule has 0 spiro atoms. The fourth-order valence-corrected chi connectivity index (χ4v) is 1.70. The maximum absolute atomic E-state index is 5.60. The van der Waals surface area contributed by atoms with Crippen molar-refractivity contribution in [2.45, 2.75) is 31.2 Å². The molecule has 0 aromatic rings. The Balaban J connectivity index is 2.67. The molecule has 5 nitrogen and oxygen atoms in total. The molecule has 0 aromatic carbocycles. The van der Waals surface area contributed by atoms with Crippen molar-refractivity contribution in [3.05, 3.63) is 0 Å². The van der Waals surface area contributed by atoms with Crippen LogP contribution in [0.15, 0.2) is 0 Å². The molecular formula is C9H18O5. The van der Waals surface area contributed by atoms with Crippen molar-refractivity contribution in [2.24, 2.45) is 0 Å². The van der Waals surface area contributed by atoms with Crippen LogP contribution in [-0.4, -0.2) is 46.8 Å².